The number of benzene rings is 3. The second-order valence-corrected chi connectivity index (χ2v) is 5.61. The highest BCUT2D eigenvalue weighted by Gasteiger charge is 2.19. The maximum Gasteiger partial charge on any atom is 0.202 e. The highest BCUT2D eigenvalue weighted by Crippen LogP contribution is 2.38. The van der Waals surface area contributed by atoms with Gasteiger partial charge in [-0.1, -0.05) is 72.3 Å². The van der Waals surface area contributed by atoms with Crippen LogP contribution < -0.4 is 4.74 Å². The molecule has 0 saturated heterocycles. The van der Waals surface area contributed by atoms with Crippen LogP contribution in [0.2, 0.25) is 5.02 Å². The molecule has 0 bridgehead atoms. The van der Waals surface area contributed by atoms with Gasteiger partial charge in [-0.2, -0.15) is 4.39 Å². The van der Waals surface area contributed by atoms with Crippen molar-refractivity contribution < 1.29 is 13.5 Å². The minimum absolute atomic E-state index is 0.0780. The molecule has 0 aromatic heterocycles. The number of halogens is 3. The SMILES string of the molecule is COc1c(F)c(F)cc(N=C(c2ccccc2)c2ccccc2)c1Cl. The molecule has 0 heterocycles. The van der Waals surface area contributed by atoms with E-state index < -0.39 is 11.6 Å². The standard InChI is InChI=1S/C20H14ClF2NO/c1-25-20-17(21)16(12-15(22)18(20)23)24-19(13-8-4-2-5-9-13)14-10-6-3-7-11-14/h2-12H,1H3. The van der Waals surface area contributed by atoms with Gasteiger partial charge >= 0.3 is 0 Å². The van der Waals surface area contributed by atoms with Crippen LogP contribution in [0.3, 0.4) is 0 Å². The fourth-order valence-corrected chi connectivity index (χ4v) is 2.69. The van der Waals surface area contributed by atoms with Gasteiger partial charge in [0.1, 0.15) is 5.02 Å². The number of rotatable bonds is 4. The van der Waals surface area contributed by atoms with E-state index in [2.05, 4.69) is 4.99 Å². The second-order valence-electron chi connectivity index (χ2n) is 5.23. The maximum absolute atomic E-state index is 13.9. The molecule has 5 heteroatoms. The Morgan fingerprint density at radius 1 is 0.920 bits per heavy atom. The topological polar surface area (TPSA) is 21.6 Å². The number of methoxy groups -OCH3 is 1. The van der Waals surface area contributed by atoms with Gasteiger partial charge in [-0.3, -0.25) is 0 Å². The molecule has 0 radical (unpaired) electrons. The highest BCUT2D eigenvalue weighted by molar-refractivity contribution is 6.34. The Morgan fingerprint density at radius 2 is 1.44 bits per heavy atom. The zero-order valence-corrected chi connectivity index (χ0v) is 14.1. The first-order valence-corrected chi connectivity index (χ1v) is 7.90. The van der Waals surface area contributed by atoms with Crippen molar-refractivity contribution in [3.63, 3.8) is 0 Å². The smallest absolute Gasteiger partial charge is 0.202 e. The summed E-state index contributed by atoms with van der Waals surface area (Å²) in [5, 5.41) is -0.0780. The van der Waals surface area contributed by atoms with Crippen molar-refractivity contribution in [2.24, 2.45) is 4.99 Å². The third kappa shape index (κ3) is 3.54. The molecule has 0 unspecified atom stereocenters. The average molecular weight is 358 g/mol. The van der Waals surface area contributed by atoms with Crippen molar-refractivity contribution in [2.75, 3.05) is 7.11 Å². The van der Waals surface area contributed by atoms with E-state index in [0.29, 0.717) is 5.71 Å². The van der Waals surface area contributed by atoms with Gasteiger partial charge in [0.05, 0.1) is 18.5 Å². The fourth-order valence-electron chi connectivity index (χ4n) is 2.44. The first-order valence-electron chi connectivity index (χ1n) is 7.53. The molecule has 0 spiro atoms. The fraction of sp³-hybridized carbons (Fsp3) is 0.0500. The van der Waals surface area contributed by atoms with E-state index in [-0.39, 0.29) is 16.5 Å². The average Bonchev–Trinajstić information content (AvgIpc) is 2.65. The lowest BCUT2D eigenvalue weighted by molar-refractivity contribution is 0.372. The van der Waals surface area contributed by atoms with Crippen LogP contribution in [0.15, 0.2) is 71.7 Å². The van der Waals surface area contributed by atoms with Gasteiger partial charge in [0, 0.05) is 17.2 Å². The Morgan fingerprint density at radius 3 is 1.92 bits per heavy atom. The number of hydrogen-bond acceptors (Lipinski definition) is 2. The molecular weight excluding hydrogens is 344 g/mol. The molecule has 0 saturated carbocycles. The molecule has 0 aliphatic heterocycles. The molecule has 3 aromatic rings. The summed E-state index contributed by atoms with van der Waals surface area (Å²) in [6, 6.07) is 19.8. The lowest BCUT2D eigenvalue weighted by Gasteiger charge is -2.11. The van der Waals surface area contributed by atoms with E-state index in [1.807, 2.05) is 60.7 Å². The molecule has 0 fully saturated rings. The summed E-state index contributed by atoms with van der Waals surface area (Å²) in [7, 11) is 1.23. The Labute approximate surface area is 149 Å². The zero-order valence-electron chi connectivity index (χ0n) is 13.3. The van der Waals surface area contributed by atoms with Crippen LogP contribution in [0.4, 0.5) is 14.5 Å². The molecule has 3 aromatic carbocycles. The molecule has 25 heavy (non-hydrogen) atoms. The molecular formula is C20H14ClF2NO. The summed E-state index contributed by atoms with van der Waals surface area (Å²) < 4.78 is 32.5. The Kier molecular flexibility index (Phi) is 5.10. The van der Waals surface area contributed by atoms with Crippen molar-refractivity contribution in [1.82, 2.24) is 0 Å². The number of hydrogen-bond donors (Lipinski definition) is 0. The van der Waals surface area contributed by atoms with Crippen LogP contribution in [0, 0.1) is 11.6 Å². The molecule has 0 N–H and O–H groups in total. The first-order chi connectivity index (χ1) is 12.1. The maximum atomic E-state index is 13.9. The van der Waals surface area contributed by atoms with Crippen molar-refractivity contribution in [1.29, 1.82) is 0 Å². The van der Waals surface area contributed by atoms with E-state index in [9.17, 15) is 8.78 Å². The van der Waals surface area contributed by atoms with Gasteiger partial charge in [0.2, 0.25) is 5.82 Å². The predicted molar refractivity (Wildman–Crippen MR) is 96.1 cm³/mol. The minimum atomic E-state index is -1.13. The Balaban J connectivity index is 2.23. The molecule has 0 amide bonds. The number of nitrogens with zero attached hydrogens (tertiary/aromatic N) is 1. The first kappa shape index (κ1) is 17.1. The third-order valence-corrected chi connectivity index (χ3v) is 3.99. The van der Waals surface area contributed by atoms with E-state index in [0.717, 1.165) is 17.2 Å². The van der Waals surface area contributed by atoms with Gasteiger partial charge in [-0.25, -0.2) is 9.38 Å². The molecule has 126 valence electrons. The molecule has 3 rings (SSSR count). The normalized spacial score (nSPS) is 10.4. The van der Waals surface area contributed by atoms with E-state index in [4.69, 9.17) is 16.3 Å². The van der Waals surface area contributed by atoms with Crippen molar-refractivity contribution in [3.8, 4) is 5.75 Å². The van der Waals surface area contributed by atoms with Crippen LogP contribution in [0.25, 0.3) is 0 Å². The summed E-state index contributed by atoms with van der Waals surface area (Å²) in [6.07, 6.45) is 0. The lowest BCUT2D eigenvalue weighted by atomic mass is 10.0. The molecule has 0 aliphatic carbocycles. The van der Waals surface area contributed by atoms with Crippen LogP contribution in [0.5, 0.6) is 5.75 Å². The van der Waals surface area contributed by atoms with Crippen molar-refractivity contribution >= 4 is 23.0 Å². The van der Waals surface area contributed by atoms with Gasteiger partial charge < -0.3 is 4.74 Å². The highest BCUT2D eigenvalue weighted by atomic mass is 35.5. The van der Waals surface area contributed by atoms with E-state index in [1.54, 1.807) is 0 Å². The van der Waals surface area contributed by atoms with E-state index in [1.165, 1.54) is 7.11 Å². The van der Waals surface area contributed by atoms with Crippen LogP contribution >= 0.6 is 11.6 Å². The largest absolute Gasteiger partial charge is 0.492 e. The van der Waals surface area contributed by atoms with Gasteiger partial charge in [0.15, 0.2) is 11.6 Å². The minimum Gasteiger partial charge on any atom is -0.492 e. The number of aliphatic imine (C=N–C) groups is 1. The summed E-state index contributed by atoms with van der Waals surface area (Å²) in [5.41, 5.74) is 2.35. The van der Waals surface area contributed by atoms with Gasteiger partial charge in [-0.15, -0.1) is 0 Å². The van der Waals surface area contributed by atoms with Crippen LogP contribution in [-0.4, -0.2) is 12.8 Å². The van der Waals surface area contributed by atoms with Crippen LogP contribution in [-0.2, 0) is 0 Å². The summed E-state index contributed by atoms with van der Waals surface area (Å²) >= 11 is 6.17. The van der Waals surface area contributed by atoms with Crippen molar-refractivity contribution in [2.45, 2.75) is 0 Å². The molecule has 2 nitrogen and oxygen atoms in total. The monoisotopic (exact) mass is 357 g/mol. The lowest BCUT2D eigenvalue weighted by Crippen LogP contribution is -2.03. The predicted octanol–water partition coefficient (Wildman–Crippen LogP) is 5.80. The molecule has 0 aliphatic rings. The Bertz CT molecular complexity index is 870. The van der Waals surface area contributed by atoms with Gasteiger partial charge in [0.25, 0.3) is 0 Å². The van der Waals surface area contributed by atoms with E-state index >= 15 is 0 Å². The Hall–Kier alpha value is -2.72. The van der Waals surface area contributed by atoms with Crippen molar-refractivity contribution in [3.05, 3.63) is 94.5 Å². The summed E-state index contributed by atoms with van der Waals surface area (Å²) in [4.78, 5) is 4.51. The summed E-state index contributed by atoms with van der Waals surface area (Å²) in [6.45, 7) is 0. The second kappa shape index (κ2) is 7.45. The van der Waals surface area contributed by atoms with Crippen LogP contribution in [0.1, 0.15) is 11.1 Å². The zero-order chi connectivity index (χ0) is 17.8. The molecule has 0 atom stereocenters. The summed E-state index contributed by atoms with van der Waals surface area (Å²) in [5.74, 6) is -2.56. The number of ether oxygens (including phenoxy) is 1. The third-order valence-electron chi connectivity index (χ3n) is 3.63. The van der Waals surface area contributed by atoms with Gasteiger partial charge in [-0.05, 0) is 0 Å². The quantitative estimate of drug-likeness (QED) is 0.427.